The standard InChI is InChI=1S/C21H26N2O5S/c1-26-16-13-15(14-17(27-2)20(16)28-3)6-7-19(24)22-8-10-23(11-9-22)21(25)18-5-4-12-29-18/h4-5,12-14H,6-11H2,1-3H3. The van der Waals surface area contributed by atoms with Crippen LogP contribution in [-0.4, -0.2) is 69.1 Å². The second kappa shape index (κ2) is 9.65. The average Bonchev–Trinajstić information content (AvgIpc) is 3.31. The molecule has 2 aromatic rings. The molecule has 0 saturated carbocycles. The number of aryl methyl sites for hydroxylation is 1. The first-order valence-electron chi connectivity index (χ1n) is 9.46. The van der Waals surface area contributed by atoms with Crippen LogP contribution in [0.25, 0.3) is 0 Å². The van der Waals surface area contributed by atoms with Crippen LogP contribution < -0.4 is 14.2 Å². The predicted octanol–water partition coefficient (Wildman–Crippen LogP) is 2.69. The van der Waals surface area contributed by atoms with Crippen molar-refractivity contribution in [2.45, 2.75) is 12.8 Å². The Hall–Kier alpha value is -2.74. The zero-order valence-corrected chi connectivity index (χ0v) is 17.8. The molecule has 0 N–H and O–H groups in total. The molecule has 0 spiro atoms. The van der Waals surface area contributed by atoms with Gasteiger partial charge in [-0.3, -0.25) is 9.59 Å². The van der Waals surface area contributed by atoms with Gasteiger partial charge in [0.15, 0.2) is 11.5 Å². The second-order valence-electron chi connectivity index (χ2n) is 6.68. The van der Waals surface area contributed by atoms with Gasteiger partial charge in [0.05, 0.1) is 26.2 Å². The van der Waals surface area contributed by atoms with Gasteiger partial charge in [-0.05, 0) is 35.6 Å². The molecule has 1 fully saturated rings. The van der Waals surface area contributed by atoms with Crippen molar-refractivity contribution in [2.75, 3.05) is 47.5 Å². The van der Waals surface area contributed by atoms with Gasteiger partial charge in [-0.1, -0.05) is 6.07 Å². The molecule has 2 heterocycles. The number of thiophene rings is 1. The number of methoxy groups -OCH3 is 3. The molecular formula is C21H26N2O5S. The average molecular weight is 419 g/mol. The van der Waals surface area contributed by atoms with Crippen LogP contribution >= 0.6 is 11.3 Å². The molecule has 3 rings (SSSR count). The smallest absolute Gasteiger partial charge is 0.264 e. The topological polar surface area (TPSA) is 68.3 Å². The molecule has 2 amide bonds. The predicted molar refractivity (Wildman–Crippen MR) is 111 cm³/mol. The number of hydrogen-bond donors (Lipinski definition) is 0. The van der Waals surface area contributed by atoms with E-state index >= 15 is 0 Å². The highest BCUT2D eigenvalue weighted by molar-refractivity contribution is 7.12. The van der Waals surface area contributed by atoms with Gasteiger partial charge >= 0.3 is 0 Å². The maximum Gasteiger partial charge on any atom is 0.264 e. The zero-order valence-electron chi connectivity index (χ0n) is 17.0. The second-order valence-corrected chi connectivity index (χ2v) is 7.63. The van der Waals surface area contributed by atoms with Crippen molar-refractivity contribution in [1.29, 1.82) is 0 Å². The Labute approximate surface area is 174 Å². The van der Waals surface area contributed by atoms with E-state index in [1.807, 2.05) is 39.4 Å². The lowest BCUT2D eigenvalue weighted by atomic mass is 10.1. The number of ether oxygens (including phenoxy) is 3. The normalized spacial score (nSPS) is 13.9. The summed E-state index contributed by atoms with van der Waals surface area (Å²) >= 11 is 1.44. The highest BCUT2D eigenvalue weighted by atomic mass is 32.1. The summed E-state index contributed by atoms with van der Waals surface area (Å²) in [7, 11) is 4.71. The Balaban J connectivity index is 1.55. The third-order valence-corrected chi connectivity index (χ3v) is 5.86. The van der Waals surface area contributed by atoms with Crippen LogP contribution in [0, 0.1) is 0 Å². The largest absolute Gasteiger partial charge is 0.493 e. The van der Waals surface area contributed by atoms with E-state index in [-0.39, 0.29) is 11.8 Å². The maximum atomic E-state index is 12.6. The fourth-order valence-corrected chi connectivity index (χ4v) is 4.09. The van der Waals surface area contributed by atoms with Gasteiger partial charge in [-0.2, -0.15) is 0 Å². The molecule has 1 aromatic carbocycles. The summed E-state index contributed by atoms with van der Waals surface area (Å²) in [6.07, 6.45) is 0.960. The molecule has 0 bridgehead atoms. The molecule has 1 saturated heterocycles. The van der Waals surface area contributed by atoms with Crippen LogP contribution in [0.2, 0.25) is 0 Å². The number of hydrogen-bond acceptors (Lipinski definition) is 6. The number of rotatable bonds is 7. The molecule has 7 nitrogen and oxygen atoms in total. The lowest BCUT2D eigenvalue weighted by molar-refractivity contribution is -0.132. The summed E-state index contributed by atoms with van der Waals surface area (Å²) in [6, 6.07) is 7.45. The SMILES string of the molecule is COc1cc(CCC(=O)N2CCN(C(=O)c3cccs3)CC2)cc(OC)c1OC. The third-order valence-electron chi connectivity index (χ3n) is 5.00. The fraction of sp³-hybridized carbons (Fsp3) is 0.429. The highest BCUT2D eigenvalue weighted by Gasteiger charge is 2.25. The molecule has 1 aliphatic heterocycles. The van der Waals surface area contributed by atoms with Crippen LogP contribution in [0.15, 0.2) is 29.6 Å². The lowest BCUT2D eigenvalue weighted by Gasteiger charge is -2.34. The van der Waals surface area contributed by atoms with Crippen LogP contribution in [0.1, 0.15) is 21.7 Å². The summed E-state index contributed by atoms with van der Waals surface area (Å²) in [4.78, 5) is 29.5. The van der Waals surface area contributed by atoms with E-state index in [1.165, 1.54) is 11.3 Å². The summed E-state index contributed by atoms with van der Waals surface area (Å²) in [6.45, 7) is 2.25. The Kier molecular flexibility index (Phi) is 6.98. The van der Waals surface area contributed by atoms with Crippen molar-refractivity contribution in [3.8, 4) is 17.2 Å². The molecule has 156 valence electrons. The summed E-state index contributed by atoms with van der Waals surface area (Å²) in [5.74, 6) is 1.83. The maximum absolute atomic E-state index is 12.6. The lowest BCUT2D eigenvalue weighted by Crippen LogP contribution is -2.50. The van der Waals surface area contributed by atoms with Gasteiger partial charge in [0.2, 0.25) is 11.7 Å². The fourth-order valence-electron chi connectivity index (χ4n) is 3.40. The molecule has 1 aliphatic rings. The summed E-state index contributed by atoms with van der Waals surface area (Å²) in [5.41, 5.74) is 0.944. The van der Waals surface area contributed by atoms with E-state index in [0.717, 1.165) is 10.4 Å². The Morgan fingerprint density at radius 1 is 0.966 bits per heavy atom. The number of carbonyl (C=O) groups is 2. The van der Waals surface area contributed by atoms with Crippen LogP contribution in [0.5, 0.6) is 17.2 Å². The molecule has 8 heteroatoms. The molecule has 1 aromatic heterocycles. The first-order valence-corrected chi connectivity index (χ1v) is 10.3. The van der Waals surface area contributed by atoms with Crippen LogP contribution in [0.3, 0.4) is 0 Å². The molecular weight excluding hydrogens is 392 g/mol. The molecule has 29 heavy (non-hydrogen) atoms. The van der Waals surface area contributed by atoms with Crippen molar-refractivity contribution in [2.24, 2.45) is 0 Å². The molecule has 0 atom stereocenters. The number of piperazine rings is 1. The number of amides is 2. The van der Waals surface area contributed by atoms with Gasteiger partial charge < -0.3 is 24.0 Å². The van der Waals surface area contributed by atoms with Crippen molar-refractivity contribution in [1.82, 2.24) is 9.80 Å². The van der Waals surface area contributed by atoms with Crippen molar-refractivity contribution in [3.63, 3.8) is 0 Å². The van der Waals surface area contributed by atoms with E-state index in [2.05, 4.69) is 0 Å². The van der Waals surface area contributed by atoms with Gasteiger partial charge in [0.25, 0.3) is 5.91 Å². The van der Waals surface area contributed by atoms with Gasteiger partial charge in [-0.15, -0.1) is 11.3 Å². The van der Waals surface area contributed by atoms with E-state index in [1.54, 1.807) is 21.3 Å². The van der Waals surface area contributed by atoms with E-state index < -0.39 is 0 Å². The number of carbonyl (C=O) groups excluding carboxylic acids is 2. The summed E-state index contributed by atoms with van der Waals surface area (Å²) in [5, 5.41) is 1.90. The van der Waals surface area contributed by atoms with Crippen molar-refractivity contribution >= 4 is 23.2 Å². The Morgan fingerprint density at radius 3 is 2.10 bits per heavy atom. The van der Waals surface area contributed by atoms with Crippen molar-refractivity contribution < 1.29 is 23.8 Å². The minimum Gasteiger partial charge on any atom is -0.493 e. The number of benzene rings is 1. The van der Waals surface area contributed by atoms with Crippen LogP contribution in [0.4, 0.5) is 0 Å². The minimum absolute atomic E-state index is 0.0459. The van der Waals surface area contributed by atoms with E-state index in [0.29, 0.717) is 56.3 Å². The minimum atomic E-state index is 0.0459. The highest BCUT2D eigenvalue weighted by Crippen LogP contribution is 2.38. The van der Waals surface area contributed by atoms with E-state index in [9.17, 15) is 9.59 Å². The monoisotopic (exact) mass is 418 g/mol. The van der Waals surface area contributed by atoms with E-state index in [4.69, 9.17) is 14.2 Å². The van der Waals surface area contributed by atoms with Crippen molar-refractivity contribution in [3.05, 3.63) is 40.1 Å². The Bertz CT molecular complexity index is 820. The van der Waals surface area contributed by atoms with Crippen LogP contribution in [-0.2, 0) is 11.2 Å². The van der Waals surface area contributed by atoms with Gasteiger partial charge in [-0.25, -0.2) is 0 Å². The summed E-state index contributed by atoms with van der Waals surface area (Å²) < 4.78 is 16.1. The first-order chi connectivity index (χ1) is 14.1. The number of nitrogens with zero attached hydrogens (tertiary/aromatic N) is 2. The first kappa shape index (κ1) is 21.0. The zero-order chi connectivity index (χ0) is 20.8. The van der Waals surface area contributed by atoms with Gasteiger partial charge in [0.1, 0.15) is 0 Å². The van der Waals surface area contributed by atoms with Gasteiger partial charge in [0, 0.05) is 32.6 Å². The molecule has 0 aliphatic carbocycles. The molecule has 0 radical (unpaired) electrons. The third kappa shape index (κ3) is 4.82. The molecule has 0 unspecified atom stereocenters. The quantitative estimate of drug-likeness (QED) is 0.692. The Morgan fingerprint density at radius 2 is 1.59 bits per heavy atom.